The third kappa shape index (κ3) is 2.88. The molecule has 0 spiro atoms. The van der Waals surface area contributed by atoms with Gasteiger partial charge >= 0.3 is 0 Å². The molecular formula is C21H24N4O. The molecule has 1 amide bonds. The summed E-state index contributed by atoms with van der Waals surface area (Å²) in [6.45, 7) is 4.43. The van der Waals surface area contributed by atoms with E-state index in [0.29, 0.717) is 6.54 Å². The van der Waals surface area contributed by atoms with Crippen LogP contribution in [0.1, 0.15) is 23.9 Å². The number of nitrogens with zero attached hydrogens (tertiary/aromatic N) is 3. The number of para-hydroxylation sites is 2. The molecular weight excluding hydrogens is 324 g/mol. The first-order valence-electron chi connectivity index (χ1n) is 9.17. The minimum Gasteiger partial charge on any atom is -0.358 e. The predicted molar refractivity (Wildman–Crippen MR) is 103 cm³/mol. The van der Waals surface area contributed by atoms with Crippen LogP contribution in [0.2, 0.25) is 0 Å². The lowest BCUT2D eigenvalue weighted by Crippen LogP contribution is -2.49. The normalized spacial score (nSPS) is 17.2. The molecule has 1 N–H and O–H groups in total. The van der Waals surface area contributed by atoms with Crippen molar-refractivity contribution >= 4 is 16.9 Å². The third-order valence-corrected chi connectivity index (χ3v) is 5.29. The van der Waals surface area contributed by atoms with Crippen molar-refractivity contribution in [3.05, 3.63) is 65.5 Å². The molecule has 2 aromatic carbocycles. The van der Waals surface area contributed by atoms with Crippen LogP contribution in [0, 0.1) is 0 Å². The van der Waals surface area contributed by atoms with Crippen molar-refractivity contribution in [2.75, 3.05) is 7.05 Å². The molecule has 0 unspecified atom stereocenters. The average molecular weight is 348 g/mol. The SMILES string of the molecule is CCn1c(CN2Cc3ccccc3C[C@H]2C(=O)NC)nc2ccccc21. The Labute approximate surface area is 153 Å². The van der Waals surface area contributed by atoms with Gasteiger partial charge in [0.05, 0.1) is 23.6 Å². The Balaban J connectivity index is 1.70. The van der Waals surface area contributed by atoms with Gasteiger partial charge in [-0.05, 0) is 36.6 Å². The molecule has 1 aromatic heterocycles. The summed E-state index contributed by atoms with van der Waals surface area (Å²) in [7, 11) is 1.71. The average Bonchev–Trinajstić information content (AvgIpc) is 3.03. The number of amides is 1. The Hall–Kier alpha value is -2.66. The van der Waals surface area contributed by atoms with Gasteiger partial charge in [-0.15, -0.1) is 0 Å². The summed E-state index contributed by atoms with van der Waals surface area (Å²) in [5, 5.41) is 2.83. The second-order valence-electron chi connectivity index (χ2n) is 6.77. The lowest BCUT2D eigenvalue weighted by atomic mass is 9.93. The molecule has 5 nitrogen and oxygen atoms in total. The molecule has 5 heteroatoms. The first-order valence-corrected chi connectivity index (χ1v) is 9.17. The van der Waals surface area contributed by atoms with E-state index < -0.39 is 0 Å². The minimum atomic E-state index is -0.167. The van der Waals surface area contributed by atoms with E-state index in [0.717, 1.165) is 36.4 Å². The van der Waals surface area contributed by atoms with E-state index in [9.17, 15) is 4.79 Å². The van der Waals surface area contributed by atoms with Crippen LogP contribution in [0.3, 0.4) is 0 Å². The number of aromatic nitrogens is 2. The van der Waals surface area contributed by atoms with Crippen molar-refractivity contribution in [1.29, 1.82) is 0 Å². The maximum atomic E-state index is 12.5. The molecule has 0 bridgehead atoms. The number of rotatable bonds is 4. The highest BCUT2D eigenvalue weighted by Gasteiger charge is 2.31. The van der Waals surface area contributed by atoms with E-state index in [1.807, 2.05) is 24.3 Å². The Morgan fingerprint density at radius 1 is 1.15 bits per heavy atom. The molecule has 1 aliphatic rings. The van der Waals surface area contributed by atoms with Gasteiger partial charge in [0.2, 0.25) is 5.91 Å². The molecule has 3 aromatic rings. The number of hydrogen-bond donors (Lipinski definition) is 1. The molecule has 1 aliphatic heterocycles. The van der Waals surface area contributed by atoms with Gasteiger partial charge in [-0.25, -0.2) is 4.98 Å². The van der Waals surface area contributed by atoms with Gasteiger partial charge in [0.15, 0.2) is 0 Å². The van der Waals surface area contributed by atoms with Crippen LogP contribution in [0.25, 0.3) is 11.0 Å². The molecule has 0 saturated carbocycles. The van der Waals surface area contributed by atoms with E-state index in [2.05, 4.69) is 46.0 Å². The summed E-state index contributed by atoms with van der Waals surface area (Å²) in [5.41, 5.74) is 4.73. The number of carbonyl (C=O) groups is 1. The summed E-state index contributed by atoms with van der Waals surface area (Å²) in [6.07, 6.45) is 0.738. The van der Waals surface area contributed by atoms with Crippen molar-refractivity contribution < 1.29 is 4.79 Å². The van der Waals surface area contributed by atoms with Gasteiger partial charge in [-0.2, -0.15) is 0 Å². The number of carbonyl (C=O) groups excluding carboxylic acids is 1. The molecule has 2 heterocycles. The predicted octanol–water partition coefficient (Wildman–Crippen LogP) is 2.73. The van der Waals surface area contributed by atoms with Gasteiger partial charge in [0.25, 0.3) is 0 Å². The van der Waals surface area contributed by atoms with Crippen LogP contribution in [-0.2, 0) is 30.8 Å². The van der Waals surface area contributed by atoms with E-state index in [-0.39, 0.29) is 11.9 Å². The van der Waals surface area contributed by atoms with E-state index in [1.165, 1.54) is 11.1 Å². The summed E-state index contributed by atoms with van der Waals surface area (Å²) in [6, 6.07) is 16.5. The van der Waals surface area contributed by atoms with Gasteiger partial charge in [-0.3, -0.25) is 9.69 Å². The largest absolute Gasteiger partial charge is 0.358 e. The maximum Gasteiger partial charge on any atom is 0.237 e. The highest BCUT2D eigenvalue weighted by atomic mass is 16.2. The van der Waals surface area contributed by atoms with Crippen molar-refractivity contribution in [1.82, 2.24) is 19.8 Å². The first-order chi connectivity index (χ1) is 12.7. The number of hydrogen-bond acceptors (Lipinski definition) is 3. The Morgan fingerprint density at radius 2 is 1.88 bits per heavy atom. The second-order valence-corrected chi connectivity index (χ2v) is 6.77. The van der Waals surface area contributed by atoms with Crippen LogP contribution in [-0.4, -0.2) is 33.4 Å². The quantitative estimate of drug-likeness (QED) is 0.789. The monoisotopic (exact) mass is 348 g/mol. The lowest BCUT2D eigenvalue weighted by Gasteiger charge is -2.35. The lowest BCUT2D eigenvalue weighted by molar-refractivity contribution is -0.126. The number of likely N-dealkylation sites (N-methyl/N-ethyl adjacent to an activating group) is 1. The standard InChI is InChI=1S/C21H24N4O/c1-3-25-18-11-7-6-10-17(18)23-20(25)14-24-13-16-9-5-4-8-15(16)12-19(24)21(26)22-2/h4-11,19H,3,12-14H2,1-2H3,(H,22,26)/t19-/m0/s1. The van der Waals surface area contributed by atoms with Crippen LogP contribution >= 0.6 is 0 Å². The van der Waals surface area contributed by atoms with Gasteiger partial charge in [0.1, 0.15) is 5.82 Å². The molecule has 0 fully saturated rings. The van der Waals surface area contributed by atoms with Gasteiger partial charge in [0, 0.05) is 20.1 Å². The van der Waals surface area contributed by atoms with Crippen LogP contribution in [0.15, 0.2) is 48.5 Å². The smallest absolute Gasteiger partial charge is 0.237 e. The number of aryl methyl sites for hydroxylation is 1. The topological polar surface area (TPSA) is 50.2 Å². The Kier molecular flexibility index (Phi) is 4.47. The molecule has 1 atom stereocenters. The Morgan fingerprint density at radius 3 is 2.65 bits per heavy atom. The third-order valence-electron chi connectivity index (χ3n) is 5.29. The summed E-state index contributed by atoms with van der Waals surface area (Å²) < 4.78 is 2.25. The fourth-order valence-electron chi connectivity index (χ4n) is 3.95. The van der Waals surface area contributed by atoms with Crippen molar-refractivity contribution in [2.45, 2.75) is 39.0 Å². The maximum absolute atomic E-state index is 12.5. The molecule has 0 saturated heterocycles. The molecule has 0 aliphatic carbocycles. The van der Waals surface area contributed by atoms with Crippen molar-refractivity contribution in [3.63, 3.8) is 0 Å². The number of imidazole rings is 1. The number of nitrogens with one attached hydrogen (secondary N) is 1. The van der Waals surface area contributed by atoms with E-state index >= 15 is 0 Å². The minimum absolute atomic E-state index is 0.0682. The van der Waals surface area contributed by atoms with Crippen molar-refractivity contribution in [2.24, 2.45) is 0 Å². The van der Waals surface area contributed by atoms with Crippen LogP contribution in [0.5, 0.6) is 0 Å². The van der Waals surface area contributed by atoms with Gasteiger partial charge < -0.3 is 9.88 Å². The fraction of sp³-hybridized carbons (Fsp3) is 0.333. The second kappa shape index (κ2) is 6.92. The summed E-state index contributed by atoms with van der Waals surface area (Å²) in [4.78, 5) is 19.6. The fourth-order valence-corrected chi connectivity index (χ4v) is 3.95. The number of benzene rings is 2. The summed E-state index contributed by atoms with van der Waals surface area (Å²) in [5.74, 6) is 1.08. The zero-order valence-corrected chi connectivity index (χ0v) is 15.3. The first kappa shape index (κ1) is 16.8. The van der Waals surface area contributed by atoms with E-state index in [1.54, 1.807) is 7.05 Å². The molecule has 0 radical (unpaired) electrons. The van der Waals surface area contributed by atoms with Crippen molar-refractivity contribution in [3.8, 4) is 0 Å². The highest BCUT2D eigenvalue weighted by Crippen LogP contribution is 2.26. The van der Waals surface area contributed by atoms with Crippen LogP contribution in [0.4, 0.5) is 0 Å². The summed E-state index contributed by atoms with van der Waals surface area (Å²) >= 11 is 0. The number of fused-ring (bicyclic) bond motifs is 2. The zero-order chi connectivity index (χ0) is 18.1. The van der Waals surface area contributed by atoms with Gasteiger partial charge in [-0.1, -0.05) is 36.4 Å². The zero-order valence-electron chi connectivity index (χ0n) is 15.3. The Bertz CT molecular complexity index is 946. The highest BCUT2D eigenvalue weighted by molar-refractivity contribution is 5.82. The van der Waals surface area contributed by atoms with E-state index in [4.69, 9.17) is 4.98 Å². The van der Waals surface area contributed by atoms with Crippen LogP contribution < -0.4 is 5.32 Å². The molecule has 134 valence electrons. The molecule has 4 rings (SSSR count). The molecule has 26 heavy (non-hydrogen) atoms.